The molecule has 1 aliphatic rings. The van der Waals surface area contributed by atoms with Gasteiger partial charge in [0.25, 0.3) is 5.95 Å². The topological polar surface area (TPSA) is 88.5 Å². The van der Waals surface area contributed by atoms with Gasteiger partial charge in [-0.3, -0.25) is 0 Å². The number of terminal acetylenes is 1. The number of benzene rings is 2. The van der Waals surface area contributed by atoms with Gasteiger partial charge in [0, 0.05) is 24.7 Å². The number of nitrogens with one attached hydrogen (secondary N) is 2. The number of halogens is 1. The van der Waals surface area contributed by atoms with Crippen molar-refractivity contribution < 1.29 is 18.8 Å². The molecule has 0 saturated carbocycles. The van der Waals surface area contributed by atoms with Gasteiger partial charge in [0.15, 0.2) is 5.75 Å². The zero-order valence-electron chi connectivity index (χ0n) is 20.3. The van der Waals surface area contributed by atoms with Crippen LogP contribution < -0.4 is 20.2 Å². The predicted octanol–water partition coefficient (Wildman–Crippen LogP) is 4.37. The molecular weight excluding hydrogens is 498 g/mol. The van der Waals surface area contributed by atoms with Gasteiger partial charge in [0.2, 0.25) is 0 Å². The van der Waals surface area contributed by atoms with E-state index in [9.17, 15) is 5.21 Å². The van der Waals surface area contributed by atoms with Gasteiger partial charge in [-0.2, -0.15) is 10.6 Å². The van der Waals surface area contributed by atoms with Gasteiger partial charge in [-0.15, -0.1) is 6.42 Å². The summed E-state index contributed by atoms with van der Waals surface area (Å²) in [4.78, 5) is 8.37. The third-order valence-electron chi connectivity index (χ3n) is 5.94. The van der Waals surface area contributed by atoms with E-state index in [1.165, 1.54) is 7.05 Å². The van der Waals surface area contributed by atoms with Crippen molar-refractivity contribution in [1.82, 2.24) is 15.3 Å². The summed E-state index contributed by atoms with van der Waals surface area (Å²) in [5.74, 6) is 4.22. The minimum atomic E-state index is -0.788. The second kappa shape index (κ2) is 10.5. The van der Waals surface area contributed by atoms with E-state index in [0.717, 1.165) is 24.2 Å². The minimum absolute atomic E-state index is 0.0863. The van der Waals surface area contributed by atoms with Crippen molar-refractivity contribution in [3.8, 4) is 23.8 Å². The van der Waals surface area contributed by atoms with Gasteiger partial charge in [-0.25, -0.2) is 9.97 Å². The van der Waals surface area contributed by atoms with Crippen molar-refractivity contribution in [2.45, 2.75) is 32.0 Å². The molecule has 1 unspecified atom stereocenters. The number of quaternary nitrogens is 1. The molecule has 1 saturated heterocycles. The second-order valence-electron chi connectivity index (χ2n) is 9.21. The van der Waals surface area contributed by atoms with Crippen LogP contribution in [0.2, 0.25) is 5.02 Å². The van der Waals surface area contributed by atoms with E-state index in [1.807, 2.05) is 36.4 Å². The van der Waals surface area contributed by atoms with Gasteiger partial charge < -0.3 is 14.8 Å². The second-order valence-corrected chi connectivity index (χ2v) is 10.4. The lowest BCUT2D eigenvalue weighted by Crippen LogP contribution is -2.50. The highest BCUT2D eigenvalue weighted by Gasteiger charge is 2.27. The molecule has 1 atom stereocenters. The van der Waals surface area contributed by atoms with Gasteiger partial charge in [-0.05, 0) is 45.6 Å². The van der Waals surface area contributed by atoms with E-state index in [2.05, 4.69) is 53.3 Å². The average Bonchev–Trinajstić information content (AvgIpc) is 2.79. The number of ether oxygens (including phenoxy) is 2. The Kier molecular flexibility index (Phi) is 7.64. The molecule has 3 N–H and O–H groups in total. The van der Waals surface area contributed by atoms with Crippen LogP contribution in [0.5, 0.6) is 11.5 Å². The summed E-state index contributed by atoms with van der Waals surface area (Å²) >= 11 is 10.6. The number of hydrogen-bond acceptors (Lipinski definition) is 8. The SMILES string of the molecule is C#Cc1cc(C(C)(C)c2ccc(OCc3ccnc(N[N+](C)(O)S)n3)cc2)cc(Cl)c1OC1CNC1. The lowest BCUT2D eigenvalue weighted by molar-refractivity contribution is -0.955. The molecule has 0 amide bonds. The lowest BCUT2D eigenvalue weighted by Gasteiger charge is -2.30. The molecule has 0 bridgehead atoms. The standard InChI is InChI=1S/C26H29ClN5O3S/c1-5-17-12-19(13-23(27)24(17)35-22-14-28-15-22)26(2,3)18-6-8-21(9-7-18)34-16-20-10-11-29-25(30-20)31-32(4,33)36/h1,6-13,22,28,33,36H,14-16H2,2-4H3,(H,29,30,31)/q+1. The normalized spacial score (nSPS) is 15.4. The van der Waals surface area contributed by atoms with Crippen LogP contribution >= 0.6 is 24.4 Å². The third-order valence-corrected chi connectivity index (χ3v) is 6.32. The van der Waals surface area contributed by atoms with Gasteiger partial charge in [0.05, 0.1) is 16.3 Å². The molecule has 1 aliphatic heterocycles. The molecule has 8 nitrogen and oxygen atoms in total. The molecule has 0 radical (unpaired) electrons. The Morgan fingerprint density at radius 2 is 1.97 bits per heavy atom. The molecule has 188 valence electrons. The van der Waals surface area contributed by atoms with Gasteiger partial charge in [-0.1, -0.05) is 43.5 Å². The minimum Gasteiger partial charge on any atom is -0.487 e. The molecule has 3 aromatic rings. The first-order chi connectivity index (χ1) is 17.0. The highest BCUT2D eigenvalue weighted by atomic mass is 35.5. The summed E-state index contributed by atoms with van der Waals surface area (Å²) in [6.45, 7) is 6.05. The number of aromatic nitrogens is 2. The largest absolute Gasteiger partial charge is 0.487 e. The summed E-state index contributed by atoms with van der Waals surface area (Å²) in [5.41, 5.74) is 5.64. The molecule has 36 heavy (non-hydrogen) atoms. The van der Waals surface area contributed by atoms with Gasteiger partial charge in [0.1, 0.15) is 38.3 Å². The number of anilines is 1. The van der Waals surface area contributed by atoms with Crippen molar-refractivity contribution in [1.29, 1.82) is 0 Å². The maximum atomic E-state index is 9.70. The first-order valence-electron chi connectivity index (χ1n) is 11.4. The molecule has 1 fully saturated rings. The van der Waals surface area contributed by atoms with E-state index in [4.69, 9.17) is 27.5 Å². The zero-order chi connectivity index (χ0) is 25.9. The van der Waals surface area contributed by atoms with E-state index in [1.54, 1.807) is 12.3 Å². The summed E-state index contributed by atoms with van der Waals surface area (Å²) < 4.78 is 11.1. The Hall–Kier alpha value is -3.00. The van der Waals surface area contributed by atoms with Crippen LogP contribution in [0.3, 0.4) is 0 Å². The van der Waals surface area contributed by atoms with Crippen molar-refractivity contribution >= 4 is 30.4 Å². The molecule has 0 spiro atoms. The maximum Gasteiger partial charge on any atom is 0.273 e. The van der Waals surface area contributed by atoms with Crippen LogP contribution in [0.1, 0.15) is 36.2 Å². The number of hydrogen-bond donors (Lipinski definition) is 4. The quantitative estimate of drug-likeness (QED) is 0.142. The molecule has 2 heterocycles. The number of rotatable bonds is 9. The zero-order valence-corrected chi connectivity index (χ0v) is 22.0. The Morgan fingerprint density at radius 1 is 1.25 bits per heavy atom. The van der Waals surface area contributed by atoms with Crippen molar-refractivity contribution in [3.63, 3.8) is 0 Å². The summed E-state index contributed by atoms with van der Waals surface area (Å²) in [7, 11) is 1.43. The molecule has 2 aromatic carbocycles. The Bertz CT molecular complexity index is 1270. The molecule has 0 aliphatic carbocycles. The fourth-order valence-corrected chi connectivity index (χ4v) is 4.06. The first-order valence-corrected chi connectivity index (χ1v) is 12.2. The highest BCUT2D eigenvalue weighted by Crippen LogP contribution is 2.39. The Balaban J connectivity index is 1.47. The number of thiol groups is 1. The van der Waals surface area contributed by atoms with E-state index in [-0.39, 0.29) is 24.1 Å². The van der Waals surface area contributed by atoms with Crippen molar-refractivity contribution in [2.75, 3.05) is 25.6 Å². The number of nitrogens with zero attached hydrogens (tertiary/aromatic N) is 3. The third kappa shape index (κ3) is 6.22. The molecule has 10 heteroatoms. The van der Waals surface area contributed by atoms with Crippen LogP contribution in [0.4, 0.5) is 5.95 Å². The highest BCUT2D eigenvalue weighted by molar-refractivity contribution is 7.74. The van der Waals surface area contributed by atoms with Crippen molar-refractivity contribution in [3.05, 3.63) is 76.1 Å². The summed E-state index contributed by atoms with van der Waals surface area (Å²) in [6.07, 6.45) is 7.46. The summed E-state index contributed by atoms with van der Waals surface area (Å²) in [6, 6.07) is 13.5. The predicted molar refractivity (Wildman–Crippen MR) is 142 cm³/mol. The smallest absolute Gasteiger partial charge is 0.273 e. The molecular formula is C26H29ClN5O3S+. The molecule has 1 aromatic heterocycles. The fraction of sp³-hybridized carbons (Fsp3) is 0.308. The van der Waals surface area contributed by atoms with Crippen molar-refractivity contribution in [2.24, 2.45) is 0 Å². The van der Waals surface area contributed by atoms with Crippen LogP contribution in [-0.2, 0) is 12.0 Å². The molecule has 4 rings (SSSR count). The lowest BCUT2D eigenvalue weighted by atomic mass is 9.77. The summed E-state index contributed by atoms with van der Waals surface area (Å²) in [5, 5.41) is 13.4. The van der Waals surface area contributed by atoms with Crippen LogP contribution in [0.25, 0.3) is 0 Å². The number of hydroxylamine groups is 1. The first kappa shape index (κ1) is 26.1. The average molecular weight is 527 g/mol. The fourth-order valence-electron chi connectivity index (χ4n) is 3.70. The van der Waals surface area contributed by atoms with Crippen LogP contribution in [0, 0.1) is 12.3 Å². The monoisotopic (exact) mass is 526 g/mol. The van der Waals surface area contributed by atoms with Crippen LogP contribution in [0.15, 0.2) is 48.7 Å². The van der Waals surface area contributed by atoms with E-state index >= 15 is 0 Å². The maximum absolute atomic E-state index is 9.70. The van der Waals surface area contributed by atoms with Crippen LogP contribution in [-0.4, -0.2) is 45.6 Å². The van der Waals surface area contributed by atoms with Gasteiger partial charge >= 0.3 is 0 Å². The Labute approximate surface area is 221 Å². The van der Waals surface area contributed by atoms with E-state index < -0.39 is 4.16 Å². The van der Waals surface area contributed by atoms with E-state index in [0.29, 0.717) is 27.8 Å². The Morgan fingerprint density at radius 3 is 2.58 bits per heavy atom.